The molecule has 0 saturated heterocycles. The zero-order valence-corrected chi connectivity index (χ0v) is 9.71. The van der Waals surface area contributed by atoms with Gasteiger partial charge < -0.3 is 4.74 Å². The van der Waals surface area contributed by atoms with Crippen LogP contribution in [0.3, 0.4) is 0 Å². The van der Waals surface area contributed by atoms with Crippen molar-refractivity contribution in [2.24, 2.45) is 0 Å². The van der Waals surface area contributed by atoms with E-state index >= 15 is 0 Å². The minimum Gasteiger partial charge on any atom is -0.491 e. The van der Waals surface area contributed by atoms with Crippen molar-refractivity contribution in [2.45, 2.75) is 6.92 Å². The number of halogens is 3. The molecular weight excluding hydrogens is 241 g/mol. The maximum absolute atomic E-state index is 14.0. The van der Waals surface area contributed by atoms with Crippen molar-refractivity contribution in [1.82, 2.24) is 0 Å². The Morgan fingerprint density at radius 2 is 1.78 bits per heavy atom. The Morgan fingerprint density at radius 1 is 1.00 bits per heavy atom. The van der Waals surface area contributed by atoms with E-state index in [0.717, 1.165) is 12.1 Å². The van der Waals surface area contributed by atoms with Crippen molar-refractivity contribution in [3.63, 3.8) is 0 Å². The van der Waals surface area contributed by atoms with Crippen molar-refractivity contribution in [1.29, 1.82) is 0 Å². The van der Waals surface area contributed by atoms with E-state index < -0.39 is 17.5 Å². The largest absolute Gasteiger partial charge is 0.491 e. The predicted molar refractivity (Wildman–Crippen MR) is 62.9 cm³/mol. The Balaban J connectivity index is 2.50. The highest BCUT2D eigenvalue weighted by atomic mass is 19.2. The zero-order chi connectivity index (χ0) is 13.1. The fourth-order valence-electron chi connectivity index (χ4n) is 1.66. The highest BCUT2D eigenvalue weighted by molar-refractivity contribution is 5.66. The fraction of sp³-hybridized carbons (Fsp3) is 0.143. The molecule has 2 rings (SSSR count). The molecule has 0 unspecified atom stereocenters. The summed E-state index contributed by atoms with van der Waals surface area (Å²) >= 11 is 0. The van der Waals surface area contributed by atoms with Gasteiger partial charge in [-0.1, -0.05) is 18.2 Å². The van der Waals surface area contributed by atoms with Gasteiger partial charge in [-0.05, 0) is 30.7 Å². The van der Waals surface area contributed by atoms with Crippen molar-refractivity contribution in [3.05, 3.63) is 53.8 Å². The van der Waals surface area contributed by atoms with Crippen LogP contribution in [0, 0.1) is 17.5 Å². The van der Waals surface area contributed by atoms with E-state index in [0.29, 0.717) is 6.61 Å². The summed E-state index contributed by atoms with van der Waals surface area (Å²) in [4.78, 5) is 0. The molecule has 0 radical (unpaired) electrons. The molecule has 0 aliphatic rings. The normalized spacial score (nSPS) is 10.4. The average molecular weight is 252 g/mol. The van der Waals surface area contributed by atoms with E-state index in [4.69, 9.17) is 4.74 Å². The summed E-state index contributed by atoms with van der Waals surface area (Å²) in [5.74, 6) is -2.45. The topological polar surface area (TPSA) is 9.23 Å². The second-order valence-corrected chi connectivity index (χ2v) is 3.68. The van der Waals surface area contributed by atoms with Crippen LogP contribution in [0.5, 0.6) is 5.75 Å². The summed E-state index contributed by atoms with van der Waals surface area (Å²) in [5, 5.41) is 0. The van der Waals surface area contributed by atoms with E-state index in [1.54, 1.807) is 13.0 Å². The highest BCUT2D eigenvalue weighted by Gasteiger charge is 2.12. The standard InChI is InChI=1S/C14H11F3O/c1-2-18-13-5-3-4-10(14(13)17)9-6-7-11(15)12(16)8-9/h3-8H,2H2,1H3. The third kappa shape index (κ3) is 2.32. The summed E-state index contributed by atoms with van der Waals surface area (Å²) in [6.07, 6.45) is 0. The molecule has 2 aromatic rings. The Kier molecular flexibility index (Phi) is 3.55. The highest BCUT2D eigenvalue weighted by Crippen LogP contribution is 2.29. The van der Waals surface area contributed by atoms with Crippen LogP contribution in [0.15, 0.2) is 36.4 Å². The molecule has 1 nitrogen and oxygen atoms in total. The Hall–Kier alpha value is -1.97. The summed E-state index contributed by atoms with van der Waals surface area (Å²) < 4.78 is 45.1. The molecule has 0 N–H and O–H groups in total. The molecular formula is C14H11F3O. The summed E-state index contributed by atoms with van der Waals surface area (Å²) in [5.41, 5.74) is 0.452. The molecule has 0 aromatic heterocycles. The van der Waals surface area contributed by atoms with E-state index in [-0.39, 0.29) is 16.9 Å². The van der Waals surface area contributed by atoms with Gasteiger partial charge in [0, 0.05) is 5.56 Å². The Morgan fingerprint density at radius 3 is 2.44 bits per heavy atom. The van der Waals surface area contributed by atoms with Gasteiger partial charge in [0.25, 0.3) is 0 Å². The molecule has 18 heavy (non-hydrogen) atoms. The second kappa shape index (κ2) is 5.12. The molecule has 94 valence electrons. The van der Waals surface area contributed by atoms with Gasteiger partial charge >= 0.3 is 0 Å². The van der Waals surface area contributed by atoms with E-state index in [2.05, 4.69) is 0 Å². The molecule has 0 aliphatic heterocycles. The van der Waals surface area contributed by atoms with Crippen molar-refractivity contribution >= 4 is 0 Å². The summed E-state index contributed by atoms with van der Waals surface area (Å²) in [6.45, 7) is 2.07. The van der Waals surface area contributed by atoms with Gasteiger partial charge in [-0.15, -0.1) is 0 Å². The first kappa shape index (κ1) is 12.5. The molecule has 2 aromatic carbocycles. The minimum atomic E-state index is -1.01. The summed E-state index contributed by atoms with van der Waals surface area (Å²) in [6, 6.07) is 7.84. The van der Waals surface area contributed by atoms with Gasteiger partial charge in [0.05, 0.1) is 6.61 Å². The zero-order valence-electron chi connectivity index (χ0n) is 9.71. The molecule has 0 spiro atoms. The van der Waals surface area contributed by atoms with Crippen LogP contribution in [0.4, 0.5) is 13.2 Å². The van der Waals surface area contributed by atoms with Crippen LogP contribution in [0.25, 0.3) is 11.1 Å². The molecule has 0 atom stereocenters. The van der Waals surface area contributed by atoms with Crippen molar-refractivity contribution in [2.75, 3.05) is 6.61 Å². The molecule has 0 saturated carbocycles. The first-order chi connectivity index (χ1) is 8.63. The SMILES string of the molecule is CCOc1cccc(-c2ccc(F)c(F)c2)c1F. The van der Waals surface area contributed by atoms with E-state index in [9.17, 15) is 13.2 Å². The van der Waals surface area contributed by atoms with Crippen LogP contribution < -0.4 is 4.74 Å². The minimum absolute atomic E-state index is 0.0970. The van der Waals surface area contributed by atoms with Crippen LogP contribution in [-0.4, -0.2) is 6.61 Å². The number of ether oxygens (including phenoxy) is 1. The smallest absolute Gasteiger partial charge is 0.172 e. The third-order valence-electron chi connectivity index (χ3n) is 2.49. The third-order valence-corrected chi connectivity index (χ3v) is 2.49. The second-order valence-electron chi connectivity index (χ2n) is 3.68. The number of hydrogen-bond acceptors (Lipinski definition) is 1. The number of hydrogen-bond donors (Lipinski definition) is 0. The van der Waals surface area contributed by atoms with Crippen molar-refractivity contribution in [3.8, 4) is 16.9 Å². The van der Waals surface area contributed by atoms with Gasteiger partial charge in [-0.25, -0.2) is 13.2 Å². The maximum Gasteiger partial charge on any atom is 0.172 e. The van der Waals surface area contributed by atoms with Gasteiger partial charge in [0.2, 0.25) is 0 Å². The molecule has 0 fully saturated rings. The lowest BCUT2D eigenvalue weighted by Gasteiger charge is -2.09. The lowest BCUT2D eigenvalue weighted by molar-refractivity contribution is 0.322. The molecule has 4 heteroatoms. The molecule has 0 amide bonds. The molecule has 0 bridgehead atoms. The Labute approximate surface area is 103 Å². The van der Waals surface area contributed by atoms with Gasteiger partial charge in [-0.2, -0.15) is 0 Å². The van der Waals surface area contributed by atoms with Crippen LogP contribution in [-0.2, 0) is 0 Å². The lowest BCUT2D eigenvalue weighted by atomic mass is 10.0. The van der Waals surface area contributed by atoms with Gasteiger partial charge in [0.1, 0.15) is 0 Å². The first-order valence-electron chi connectivity index (χ1n) is 5.50. The predicted octanol–water partition coefficient (Wildman–Crippen LogP) is 4.17. The Bertz CT molecular complexity index is 567. The molecule has 0 aliphatic carbocycles. The average Bonchev–Trinajstić information content (AvgIpc) is 2.36. The number of rotatable bonds is 3. The van der Waals surface area contributed by atoms with E-state index in [1.165, 1.54) is 18.2 Å². The van der Waals surface area contributed by atoms with Crippen LogP contribution in [0.1, 0.15) is 6.92 Å². The lowest BCUT2D eigenvalue weighted by Crippen LogP contribution is -1.96. The summed E-state index contributed by atoms with van der Waals surface area (Å²) in [7, 11) is 0. The quantitative estimate of drug-likeness (QED) is 0.796. The molecule has 0 heterocycles. The van der Waals surface area contributed by atoms with Crippen molar-refractivity contribution < 1.29 is 17.9 Å². The maximum atomic E-state index is 14.0. The number of benzene rings is 2. The van der Waals surface area contributed by atoms with Gasteiger partial charge in [0.15, 0.2) is 23.2 Å². The van der Waals surface area contributed by atoms with Crippen LogP contribution >= 0.6 is 0 Å². The first-order valence-corrected chi connectivity index (χ1v) is 5.50. The van der Waals surface area contributed by atoms with Crippen LogP contribution in [0.2, 0.25) is 0 Å². The van der Waals surface area contributed by atoms with Gasteiger partial charge in [-0.3, -0.25) is 0 Å². The monoisotopic (exact) mass is 252 g/mol. The van der Waals surface area contributed by atoms with E-state index in [1.807, 2.05) is 0 Å². The fourth-order valence-corrected chi connectivity index (χ4v) is 1.66.